The standard InChI is InChI=1S/C18H17F3N2O4/c1-2-3-7-23-15(24)11-12(16(23)25)14(17(26)27)22-13(11)9-5-4-6-10(8-9)18(19,20)21/h2-6,8,11-14,22H,7H2,1H3,(H,26,27)/b3-2+. The van der Waals surface area contributed by atoms with Crippen LogP contribution in [0.5, 0.6) is 0 Å². The van der Waals surface area contributed by atoms with Gasteiger partial charge in [-0.1, -0.05) is 24.3 Å². The lowest BCUT2D eigenvalue weighted by Gasteiger charge is -2.21. The van der Waals surface area contributed by atoms with Crippen molar-refractivity contribution in [2.24, 2.45) is 11.8 Å². The lowest BCUT2D eigenvalue weighted by Crippen LogP contribution is -2.43. The van der Waals surface area contributed by atoms with E-state index in [9.17, 15) is 32.7 Å². The molecule has 4 atom stereocenters. The third-order valence-electron chi connectivity index (χ3n) is 4.93. The molecule has 6 nitrogen and oxygen atoms in total. The first kappa shape index (κ1) is 19.1. The van der Waals surface area contributed by atoms with Gasteiger partial charge in [0.1, 0.15) is 6.04 Å². The second-order valence-corrected chi connectivity index (χ2v) is 6.49. The molecule has 0 saturated carbocycles. The van der Waals surface area contributed by atoms with E-state index in [2.05, 4.69) is 5.32 Å². The number of imide groups is 1. The lowest BCUT2D eigenvalue weighted by molar-refractivity contribution is -0.145. The summed E-state index contributed by atoms with van der Waals surface area (Å²) in [5, 5.41) is 12.1. The van der Waals surface area contributed by atoms with Crippen molar-refractivity contribution >= 4 is 17.8 Å². The molecular formula is C18H17F3N2O4. The zero-order chi connectivity index (χ0) is 19.9. The van der Waals surface area contributed by atoms with Crippen molar-refractivity contribution in [2.75, 3.05) is 6.54 Å². The number of carboxylic acids is 1. The second-order valence-electron chi connectivity index (χ2n) is 6.49. The molecular weight excluding hydrogens is 365 g/mol. The van der Waals surface area contributed by atoms with E-state index in [0.717, 1.165) is 17.0 Å². The minimum Gasteiger partial charge on any atom is -0.480 e. The first-order valence-corrected chi connectivity index (χ1v) is 8.29. The van der Waals surface area contributed by atoms with Crippen molar-refractivity contribution in [3.8, 4) is 0 Å². The number of fused-ring (bicyclic) bond motifs is 1. The number of halogens is 3. The molecule has 0 spiro atoms. The average Bonchev–Trinajstić information content (AvgIpc) is 3.11. The summed E-state index contributed by atoms with van der Waals surface area (Å²) in [7, 11) is 0. The Hall–Kier alpha value is -2.68. The van der Waals surface area contributed by atoms with Gasteiger partial charge in [-0.25, -0.2) is 0 Å². The number of carboxylic acid groups (broad SMARTS) is 1. The van der Waals surface area contributed by atoms with Gasteiger partial charge >= 0.3 is 12.1 Å². The Labute approximate surface area is 152 Å². The largest absolute Gasteiger partial charge is 0.480 e. The van der Waals surface area contributed by atoms with Crippen LogP contribution >= 0.6 is 0 Å². The molecule has 27 heavy (non-hydrogen) atoms. The Morgan fingerprint density at radius 3 is 2.52 bits per heavy atom. The number of rotatable bonds is 4. The number of hydrogen-bond acceptors (Lipinski definition) is 4. The summed E-state index contributed by atoms with van der Waals surface area (Å²) < 4.78 is 39.0. The molecule has 0 aromatic heterocycles. The molecule has 2 aliphatic rings. The lowest BCUT2D eigenvalue weighted by atomic mass is 9.86. The van der Waals surface area contributed by atoms with Crippen molar-refractivity contribution in [3.05, 3.63) is 47.5 Å². The average molecular weight is 382 g/mol. The molecule has 0 bridgehead atoms. The van der Waals surface area contributed by atoms with Crippen LogP contribution in [0.25, 0.3) is 0 Å². The van der Waals surface area contributed by atoms with Gasteiger partial charge in [-0.05, 0) is 24.6 Å². The summed E-state index contributed by atoms with van der Waals surface area (Å²) in [5.41, 5.74) is -0.780. The topological polar surface area (TPSA) is 86.7 Å². The van der Waals surface area contributed by atoms with Crippen LogP contribution in [0.3, 0.4) is 0 Å². The van der Waals surface area contributed by atoms with Crippen LogP contribution in [0.15, 0.2) is 36.4 Å². The Balaban J connectivity index is 2.02. The highest BCUT2D eigenvalue weighted by atomic mass is 19.4. The number of amides is 2. The summed E-state index contributed by atoms with van der Waals surface area (Å²) in [6.45, 7) is 1.71. The summed E-state index contributed by atoms with van der Waals surface area (Å²) in [4.78, 5) is 37.9. The Morgan fingerprint density at radius 1 is 1.26 bits per heavy atom. The normalized spacial score (nSPS) is 28.2. The number of aliphatic carboxylic acids is 1. The predicted molar refractivity (Wildman–Crippen MR) is 87.3 cm³/mol. The summed E-state index contributed by atoms with van der Waals surface area (Å²) >= 11 is 0. The van der Waals surface area contributed by atoms with Crippen LogP contribution in [0.1, 0.15) is 24.1 Å². The third kappa shape index (κ3) is 3.23. The fourth-order valence-corrected chi connectivity index (χ4v) is 3.70. The first-order chi connectivity index (χ1) is 12.7. The smallest absolute Gasteiger partial charge is 0.416 e. The van der Waals surface area contributed by atoms with E-state index in [0.29, 0.717) is 0 Å². The van der Waals surface area contributed by atoms with Gasteiger partial charge in [-0.15, -0.1) is 0 Å². The molecule has 144 valence electrons. The van der Waals surface area contributed by atoms with E-state index in [1.54, 1.807) is 19.1 Å². The molecule has 0 aliphatic carbocycles. The molecule has 9 heteroatoms. The van der Waals surface area contributed by atoms with Gasteiger partial charge in [0.2, 0.25) is 11.8 Å². The van der Waals surface area contributed by atoms with Crippen LogP contribution < -0.4 is 5.32 Å². The van der Waals surface area contributed by atoms with Crippen molar-refractivity contribution in [3.63, 3.8) is 0 Å². The van der Waals surface area contributed by atoms with E-state index in [4.69, 9.17) is 0 Å². The second kappa shape index (κ2) is 6.80. The SMILES string of the molecule is C/C=C/CN1C(=O)C2C(C(=O)O)NC(c3cccc(C(F)(F)F)c3)C2C1=O. The summed E-state index contributed by atoms with van der Waals surface area (Å²) in [6.07, 6.45) is -1.35. The van der Waals surface area contributed by atoms with E-state index < -0.39 is 53.4 Å². The van der Waals surface area contributed by atoms with Crippen LogP contribution in [0.4, 0.5) is 13.2 Å². The van der Waals surface area contributed by atoms with E-state index in [-0.39, 0.29) is 12.1 Å². The van der Waals surface area contributed by atoms with E-state index >= 15 is 0 Å². The summed E-state index contributed by atoms with van der Waals surface area (Å²) in [5.74, 6) is -4.75. The fraction of sp³-hybridized carbons (Fsp3) is 0.389. The molecule has 2 amide bonds. The molecule has 2 saturated heterocycles. The molecule has 3 rings (SSSR count). The molecule has 2 heterocycles. The Morgan fingerprint density at radius 2 is 1.93 bits per heavy atom. The molecule has 2 aliphatic heterocycles. The Kier molecular flexibility index (Phi) is 4.81. The van der Waals surface area contributed by atoms with Gasteiger partial charge in [-0.2, -0.15) is 13.2 Å². The van der Waals surface area contributed by atoms with E-state index in [1.165, 1.54) is 12.1 Å². The van der Waals surface area contributed by atoms with Crippen LogP contribution in [-0.2, 0) is 20.6 Å². The zero-order valence-electron chi connectivity index (χ0n) is 14.2. The molecule has 1 aromatic carbocycles. The number of allylic oxidation sites excluding steroid dienone is 1. The predicted octanol–water partition coefficient (Wildman–Crippen LogP) is 1.98. The number of benzene rings is 1. The third-order valence-corrected chi connectivity index (χ3v) is 4.93. The molecule has 1 aromatic rings. The van der Waals surface area contributed by atoms with Crippen LogP contribution in [0.2, 0.25) is 0 Å². The highest BCUT2D eigenvalue weighted by Crippen LogP contribution is 2.44. The van der Waals surface area contributed by atoms with Gasteiger partial charge in [0.25, 0.3) is 0 Å². The minimum absolute atomic E-state index is 0.00279. The number of likely N-dealkylation sites (tertiary alicyclic amines) is 1. The highest BCUT2D eigenvalue weighted by molar-refractivity contribution is 6.08. The number of nitrogens with one attached hydrogen (secondary N) is 1. The van der Waals surface area contributed by atoms with Crippen molar-refractivity contribution in [2.45, 2.75) is 25.2 Å². The van der Waals surface area contributed by atoms with Gasteiger partial charge < -0.3 is 5.11 Å². The van der Waals surface area contributed by atoms with Crippen LogP contribution in [0, 0.1) is 11.8 Å². The minimum atomic E-state index is -4.58. The maximum Gasteiger partial charge on any atom is 0.416 e. The number of alkyl halides is 3. The molecule has 4 unspecified atom stereocenters. The summed E-state index contributed by atoms with van der Waals surface area (Å²) in [6, 6.07) is 2.02. The number of hydrogen-bond donors (Lipinski definition) is 2. The molecule has 2 fully saturated rings. The molecule has 2 N–H and O–H groups in total. The highest BCUT2D eigenvalue weighted by Gasteiger charge is 2.60. The van der Waals surface area contributed by atoms with Gasteiger partial charge in [0.05, 0.1) is 17.4 Å². The van der Waals surface area contributed by atoms with Gasteiger partial charge in [0.15, 0.2) is 0 Å². The van der Waals surface area contributed by atoms with Gasteiger partial charge in [0, 0.05) is 12.6 Å². The van der Waals surface area contributed by atoms with Crippen molar-refractivity contribution in [1.82, 2.24) is 10.2 Å². The fourth-order valence-electron chi connectivity index (χ4n) is 3.70. The quantitative estimate of drug-likeness (QED) is 0.614. The molecule has 0 radical (unpaired) electrons. The van der Waals surface area contributed by atoms with Crippen LogP contribution in [-0.4, -0.2) is 40.4 Å². The monoisotopic (exact) mass is 382 g/mol. The zero-order valence-corrected chi connectivity index (χ0v) is 14.2. The van der Waals surface area contributed by atoms with E-state index in [1.807, 2.05) is 0 Å². The number of carbonyl (C=O) groups excluding carboxylic acids is 2. The van der Waals surface area contributed by atoms with Gasteiger partial charge in [-0.3, -0.25) is 24.6 Å². The van der Waals surface area contributed by atoms with Crippen molar-refractivity contribution < 1.29 is 32.7 Å². The Bertz CT molecular complexity index is 821. The number of nitrogens with zero attached hydrogens (tertiary/aromatic N) is 1. The van der Waals surface area contributed by atoms with Crippen molar-refractivity contribution in [1.29, 1.82) is 0 Å². The number of carbonyl (C=O) groups is 3. The maximum atomic E-state index is 13.0. The first-order valence-electron chi connectivity index (χ1n) is 8.29. The maximum absolute atomic E-state index is 13.0.